The molecule has 0 aliphatic rings. The monoisotopic (exact) mass is 414 g/mol. The summed E-state index contributed by atoms with van der Waals surface area (Å²) >= 11 is 3.00. The molecule has 6 nitrogen and oxygen atoms in total. The molecule has 28 heavy (non-hydrogen) atoms. The van der Waals surface area contributed by atoms with Crippen molar-refractivity contribution in [2.45, 2.75) is 31.0 Å². The van der Waals surface area contributed by atoms with E-state index in [1.54, 1.807) is 11.3 Å². The van der Waals surface area contributed by atoms with Crippen LogP contribution in [0.3, 0.4) is 0 Å². The molecule has 146 valence electrons. The number of hydrogen-bond acceptors (Lipinski definition) is 6. The van der Waals surface area contributed by atoms with Crippen LogP contribution in [-0.4, -0.2) is 38.2 Å². The van der Waals surface area contributed by atoms with Crippen molar-refractivity contribution in [3.05, 3.63) is 64.1 Å². The predicted octanol–water partition coefficient (Wildman–Crippen LogP) is 2.88. The van der Waals surface area contributed by atoms with Crippen LogP contribution in [-0.2, 0) is 29.5 Å². The zero-order valence-electron chi connectivity index (χ0n) is 15.8. The Bertz CT molecular complexity index is 923. The number of carbonyl (C=O) groups is 2. The van der Waals surface area contributed by atoms with Gasteiger partial charge in [-0.3, -0.25) is 9.59 Å². The maximum atomic E-state index is 12.4. The molecule has 2 heterocycles. The standard InChI is InChI=1S/C20H22N4O2S2/c1-14(25)17(11-15-7-4-3-5-8-15)21-19(26)13-28-20-23-22-18(24(20)2)12-16-9-6-10-27-16/h3-10,17H,11-13H2,1-2H3,(H,21,26)/t17-/m0/s1. The Morgan fingerprint density at radius 1 is 1.18 bits per heavy atom. The zero-order valence-corrected chi connectivity index (χ0v) is 17.4. The molecule has 0 saturated carbocycles. The van der Waals surface area contributed by atoms with Crippen LogP contribution in [0.2, 0.25) is 0 Å². The van der Waals surface area contributed by atoms with E-state index in [4.69, 9.17) is 0 Å². The average Bonchev–Trinajstić information content (AvgIpc) is 3.31. The average molecular weight is 415 g/mol. The molecule has 1 N–H and O–H groups in total. The molecule has 0 aliphatic heterocycles. The number of thioether (sulfide) groups is 1. The van der Waals surface area contributed by atoms with E-state index in [0.29, 0.717) is 11.6 Å². The topological polar surface area (TPSA) is 76.9 Å². The minimum absolute atomic E-state index is 0.0564. The Morgan fingerprint density at radius 2 is 1.96 bits per heavy atom. The number of rotatable bonds is 9. The first kappa shape index (κ1) is 20.3. The molecule has 2 aromatic heterocycles. The molecule has 0 saturated heterocycles. The van der Waals surface area contributed by atoms with Gasteiger partial charge in [0.25, 0.3) is 0 Å². The molecule has 3 aromatic rings. The molecule has 0 radical (unpaired) electrons. The fraction of sp³-hybridized carbons (Fsp3) is 0.300. The molecule has 1 aromatic carbocycles. The van der Waals surface area contributed by atoms with Gasteiger partial charge in [-0.15, -0.1) is 21.5 Å². The van der Waals surface area contributed by atoms with Crippen LogP contribution in [0.15, 0.2) is 53.0 Å². The fourth-order valence-electron chi connectivity index (χ4n) is 2.71. The van der Waals surface area contributed by atoms with Crippen LogP contribution in [0.25, 0.3) is 0 Å². The Kier molecular flexibility index (Phi) is 7.00. The predicted molar refractivity (Wildman–Crippen MR) is 112 cm³/mol. The van der Waals surface area contributed by atoms with Gasteiger partial charge in [-0.25, -0.2) is 0 Å². The van der Waals surface area contributed by atoms with E-state index in [2.05, 4.69) is 21.6 Å². The Morgan fingerprint density at radius 3 is 2.64 bits per heavy atom. The third-order valence-corrected chi connectivity index (χ3v) is 6.18. The molecule has 0 spiro atoms. The highest BCUT2D eigenvalue weighted by Crippen LogP contribution is 2.19. The summed E-state index contributed by atoms with van der Waals surface area (Å²) in [4.78, 5) is 25.5. The molecule has 8 heteroatoms. The lowest BCUT2D eigenvalue weighted by atomic mass is 10.0. The minimum atomic E-state index is -0.524. The van der Waals surface area contributed by atoms with Crippen molar-refractivity contribution in [3.8, 4) is 0 Å². The summed E-state index contributed by atoms with van der Waals surface area (Å²) in [5.41, 5.74) is 1.02. The highest BCUT2D eigenvalue weighted by molar-refractivity contribution is 7.99. The maximum Gasteiger partial charge on any atom is 0.231 e. The van der Waals surface area contributed by atoms with Gasteiger partial charge in [0.2, 0.25) is 5.91 Å². The van der Waals surface area contributed by atoms with Gasteiger partial charge in [0.1, 0.15) is 5.82 Å². The van der Waals surface area contributed by atoms with Gasteiger partial charge in [-0.05, 0) is 30.4 Å². The second kappa shape index (κ2) is 9.66. The summed E-state index contributed by atoms with van der Waals surface area (Å²) in [6.45, 7) is 1.50. The van der Waals surface area contributed by atoms with E-state index in [1.807, 2.05) is 53.4 Å². The van der Waals surface area contributed by atoms with E-state index in [0.717, 1.165) is 17.8 Å². The van der Waals surface area contributed by atoms with Crippen LogP contribution in [0, 0.1) is 0 Å². The van der Waals surface area contributed by atoms with Gasteiger partial charge in [0, 0.05) is 18.3 Å². The van der Waals surface area contributed by atoms with Crippen LogP contribution < -0.4 is 5.32 Å². The van der Waals surface area contributed by atoms with Crippen molar-refractivity contribution < 1.29 is 9.59 Å². The summed E-state index contributed by atoms with van der Waals surface area (Å²) in [7, 11) is 1.90. The van der Waals surface area contributed by atoms with Crippen LogP contribution in [0.1, 0.15) is 23.2 Å². The first-order valence-corrected chi connectivity index (χ1v) is 10.8. The number of aromatic nitrogens is 3. The molecule has 0 aliphatic carbocycles. The number of nitrogens with zero attached hydrogens (tertiary/aromatic N) is 3. The molecule has 1 atom stereocenters. The highest BCUT2D eigenvalue weighted by Gasteiger charge is 2.19. The molecule has 0 bridgehead atoms. The van der Waals surface area contributed by atoms with E-state index < -0.39 is 6.04 Å². The molecular formula is C20H22N4O2S2. The fourth-order valence-corrected chi connectivity index (χ4v) is 4.15. The van der Waals surface area contributed by atoms with Crippen LogP contribution >= 0.6 is 23.1 Å². The van der Waals surface area contributed by atoms with Crippen molar-refractivity contribution in [2.75, 3.05) is 5.75 Å². The van der Waals surface area contributed by atoms with Gasteiger partial charge in [-0.1, -0.05) is 48.2 Å². The van der Waals surface area contributed by atoms with Gasteiger partial charge in [0.05, 0.1) is 11.8 Å². The summed E-state index contributed by atoms with van der Waals surface area (Å²) < 4.78 is 1.91. The Balaban J connectivity index is 1.54. The first-order valence-electron chi connectivity index (χ1n) is 8.90. The molecule has 1 amide bonds. The van der Waals surface area contributed by atoms with E-state index >= 15 is 0 Å². The molecule has 3 rings (SSSR count). The normalized spacial score (nSPS) is 11.9. The van der Waals surface area contributed by atoms with E-state index in [-0.39, 0.29) is 17.4 Å². The van der Waals surface area contributed by atoms with Gasteiger partial charge in [0.15, 0.2) is 10.9 Å². The zero-order chi connectivity index (χ0) is 19.9. The van der Waals surface area contributed by atoms with Gasteiger partial charge >= 0.3 is 0 Å². The number of carbonyl (C=O) groups excluding carboxylic acids is 2. The lowest BCUT2D eigenvalue weighted by molar-refractivity contribution is -0.125. The van der Waals surface area contributed by atoms with Gasteiger partial charge in [-0.2, -0.15) is 0 Å². The molecule has 0 unspecified atom stereocenters. The number of Topliss-reactive ketones (excluding diaryl/α,β-unsaturated/α-hetero) is 1. The smallest absolute Gasteiger partial charge is 0.231 e. The lowest BCUT2D eigenvalue weighted by Crippen LogP contribution is -2.42. The number of benzene rings is 1. The van der Waals surface area contributed by atoms with Crippen LogP contribution in [0.5, 0.6) is 0 Å². The van der Waals surface area contributed by atoms with Crippen molar-refractivity contribution >= 4 is 34.8 Å². The second-order valence-corrected chi connectivity index (χ2v) is 8.40. The van der Waals surface area contributed by atoms with Crippen molar-refractivity contribution in [3.63, 3.8) is 0 Å². The highest BCUT2D eigenvalue weighted by atomic mass is 32.2. The largest absolute Gasteiger partial charge is 0.345 e. The molecule has 0 fully saturated rings. The first-order chi connectivity index (χ1) is 13.5. The van der Waals surface area contributed by atoms with Crippen molar-refractivity contribution in [1.82, 2.24) is 20.1 Å². The number of thiophene rings is 1. The Hall–Kier alpha value is -2.45. The number of amides is 1. The number of ketones is 1. The van der Waals surface area contributed by atoms with E-state index in [1.165, 1.54) is 23.6 Å². The van der Waals surface area contributed by atoms with Crippen LogP contribution in [0.4, 0.5) is 0 Å². The summed E-state index contributed by atoms with van der Waals surface area (Å²) in [5, 5.41) is 14.0. The van der Waals surface area contributed by atoms with Crippen molar-refractivity contribution in [2.24, 2.45) is 7.05 Å². The third-order valence-electron chi connectivity index (χ3n) is 4.28. The number of nitrogens with one attached hydrogen (secondary N) is 1. The minimum Gasteiger partial charge on any atom is -0.345 e. The number of hydrogen-bond donors (Lipinski definition) is 1. The summed E-state index contributed by atoms with van der Waals surface area (Å²) in [5.74, 6) is 0.794. The van der Waals surface area contributed by atoms with E-state index in [9.17, 15) is 9.59 Å². The van der Waals surface area contributed by atoms with Gasteiger partial charge < -0.3 is 9.88 Å². The third kappa shape index (κ3) is 5.53. The quantitative estimate of drug-likeness (QED) is 0.545. The molecular weight excluding hydrogens is 392 g/mol. The lowest BCUT2D eigenvalue weighted by Gasteiger charge is -2.16. The van der Waals surface area contributed by atoms with Crippen molar-refractivity contribution in [1.29, 1.82) is 0 Å². The SMILES string of the molecule is CC(=O)[C@H](Cc1ccccc1)NC(=O)CSc1nnc(Cc2cccs2)n1C. The second-order valence-electron chi connectivity index (χ2n) is 6.42. The Labute approximate surface area is 172 Å². The maximum absolute atomic E-state index is 12.4. The summed E-state index contributed by atoms with van der Waals surface area (Å²) in [6, 6.07) is 13.2. The summed E-state index contributed by atoms with van der Waals surface area (Å²) in [6.07, 6.45) is 1.21.